The number of rotatable bonds is 2. The van der Waals surface area contributed by atoms with Crippen molar-refractivity contribution in [1.82, 2.24) is 0 Å². The lowest BCUT2D eigenvalue weighted by Crippen LogP contribution is -2.12. The van der Waals surface area contributed by atoms with Gasteiger partial charge in [-0.3, -0.25) is 0 Å². The molecule has 2 heteroatoms. The molecule has 2 aromatic carbocycles. The van der Waals surface area contributed by atoms with Gasteiger partial charge in [0.2, 0.25) is 0 Å². The second kappa shape index (κ2) is 6.01. The number of nitriles is 1. The number of benzene rings is 2. The standard InChI is InChI=1S/C19H20N2/c1-14-10-11-15(13-20)12-19(14)21-18-9-5-3-7-16-6-2-4-8-17(16)18/h2,4,6,8,10-12,18,21H,3,5,7,9H2,1H3. The molecular formula is C19H20N2. The normalized spacial score (nSPS) is 17.4. The van der Waals surface area contributed by atoms with Gasteiger partial charge in [0.15, 0.2) is 0 Å². The molecule has 0 bridgehead atoms. The molecule has 2 aromatic rings. The third-order valence-corrected chi connectivity index (χ3v) is 4.32. The van der Waals surface area contributed by atoms with Crippen molar-refractivity contribution in [2.24, 2.45) is 0 Å². The van der Waals surface area contributed by atoms with Crippen molar-refractivity contribution >= 4 is 5.69 Å². The van der Waals surface area contributed by atoms with Gasteiger partial charge < -0.3 is 5.32 Å². The average molecular weight is 276 g/mol. The molecule has 0 aromatic heterocycles. The lowest BCUT2D eigenvalue weighted by Gasteiger charge is -2.22. The molecule has 1 aliphatic carbocycles. The minimum atomic E-state index is 0.344. The Kier molecular flexibility index (Phi) is 3.92. The van der Waals surface area contributed by atoms with Crippen LogP contribution in [0.4, 0.5) is 5.69 Å². The first-order valence-electron chi connectivity index (χ1n) is 7.63. The van der Waals surface area contributed by atoms with Gasteiger partial charge in [-0.1, -0.05) is 36.8 Å². The van der Waals surface area contributed by atoms with E-state index < -0.39 is 0 Å². The molecule has 0 spiro atoms. The number of hydrogen-bond donors (Lipinski definition) is 1. The summed E-state index contributed by atoms with van der Waals surface area (Å²) in [5, 5.41) is 12.8. The van der Waals surface area contributed by atoms with E-state index >= 15 is 0 Å². The summed E-state index contributed by atoms with van der Waals surface area (Å²) in [6, 6.07) is 17.2. The Labute approximate surface area is 126 Å². The molecule has 0 heterocycles. The molecule has 106 valence electrons. The van der Waals surface area contributed by atoms with Crippen molar-refractivity contribution in [3.05, 3.63) is 64.7 Å². The summed E-state index contributed by atoms with van der Waals surface area (Å²) < 4.78 is 0. The minimum absolute atomic E-state index is 0.344. The molecule has 0 aliphatic heterocycles. The number of aryl methyl sites for hydroxylation is 2. The second-order valence-corrected chi connectivity index (χ2v) is 5.78. The van der Waals surface area contributed by atoms with Gasteiger partial charge in [0, 0.05) is 5.69 Å². The van der Waals surface area contributed by atoms with E-state index in [1.165, 1.54) is 36.0 Å². The molecule has 0 amide bonds. The summed E-state index contributed by atoms with van der Waals surface area (Å²) >= 11 is 0. The van der Waals surface area contributed by atoms with E-state index in [0.29, 0.717) is 11.6 Å². The van der Waals surface area contributed by atoms with E-state index in [4.69, 9.17) is 5.26 Å². The Morgan fingerprint density at radius 3 is 2.86 bits per heavy atom. The summed E-state index contributed by atoms with van der Waals surface area (Å²) in [5.74, 6) is 0. The molecule has 1 N–H and O–H groups in total. The first kappa shape index (κ1) is 13.7. The van der Waals surface area contributed by atoms with E-state index in [2.05, 4.69) is 42.6 Å². The highest BCUT2D eigenvalue weighted by Gasteiger charge is 2.18. The third-order valence-electron chi connectivity index (χ3n) is 4.32. The number of anilines is 1. The Hall–Kier alpha value is -2.27. The van der Waals surface area contributed by atoms with Crippen LogP contribution < -0.4 is 5.32 Å². The van der Waals surface area contributed by atoms with Crippen molar-refractivity contribution < 1.29 is 0 Å². The number of nitrogens with zero attached hydrogens (tertiary/aromatic N) is 1. The largest absolute Gasteiger partial charge is 0.378 e. The SMILES string of the molecule is Cc1ccc(C#N)cc1NC1CCCCc2ccccc21. The van der Waals surface area contributed by atoms with Crippen molar-refractivity contribution in [1.29, 1.82) is 5.26 Å². The minimum Gasteiger partial charge on any atom is -0.378 e. The summed E-state index contributed by atoms with van der Waals surface area (Å²) in [4.78, 5) is 0. The monoisotopic (exact) mass is 276 g/mol. The van der Waals surface area contributed by atoms with E-state index in [9.17, 15) is 0 Å². The van der Waals surface area contributed by atoms with Gasteiger partial charge in [-0.05, 0) is 55.0 Å². The van der Waals surface area contributed by atoms with Crippen molar-refractivity contribution in [3.8, 4) is 6.07 Å². The summed E-state index contributed by atoms with van der Waals surface area (Å²) in [6.45, 7) is 2.09. The lowest BCUT2D eigenvalue weighted by atomic mass is 9.98. The lowest BCUT2D eigenvalue weighted by molar-refractivity contribution is 0.644. The quantitative estimate of drug-likeness (QED) is 0.804. The Morgan fingerprint density at radius 1 is 1.14 bits per heavy atom. The van der Waals surface area contributed by atoms with Gasteiger partial charge >= 0.3 is 0 Å². The molecule has 0 saturated heterocycles. The first-order valence-corrected chi connectivity index (χ1v) is 7.63. The van der Waals surface area contributed by atoms with E-state index in [-0.39, 0.29) is 0 Å². The van der Waals surface area contributed by atoms with Crippen LogP contribution in [0.5, 0.6) is 0 Å². The fourth-order valence-corrected chi connectivity index (χ4v) is 3.11. The van der Waals surface area contributed by atoms with E-state index in [0.717, 1.165) is 12.1 Å². The summed E-state index contributed by atoms with van der Waals surface area (Å²) in [7, 11) is 0. The van der Waals surface area contributed by atoms with Crippen LogP contribution in [0.3, 0.4) is 0 Å². The Morgan fingerprint density at radius 2 is 2.00 bits per heavy atom. The number of hydrogen-bond acceptors (Lipinski definition) is 2. The Bertz CT molecular complexity index is 682. The zero-order valence-electron chi connectivity index (χ0n) is 12.4. The van der Waals surface area contributed by atoms with Crippen LogP contribution in [0, 0.1) is 18.3 Å². The molecular weight excluding hydrogens is 256 g/mol. The van der Waals surface area contributed by atoms with Crippen LogP contribution >= 0.6 is 0 Å². The average Bonchev–Trinajstić information content (AvgIpc) is 2.72. The highest BCUT2D eigenvalue weighted by Crippen LogP contribution is 2.32. The molecule has 1 aliphatic rings. The highest BCUT2D eigenvalue weighted by molar-refractivity contribution is 5.56. The van der Waals surface area contributed by atoms with Crippen molar-refractivity contribution in [3.63, 3.8) is 0 Å². The molecule has 0 fully saturated rings. The second-order valence-electron chi connectivity index (χ2n) is 5.78. The molecule has 3 rings (SSSR count). The maximum absolute atomic E-state index is 9.08. The molecule has 1 atom stereocenters. The zero-order chi connectivity index (χ0) is 14.7. The van der Waals surface area contributed by atoms with Gasteiger partial charge in [0.05, 0.1) is 17.7 Å². The Balaban J connectivity index is 1.93. The van der Waals surface area contributed by atoms with Crippen LogP contribution in [0.2, 0.25) is 0 Å². The molecule has 2 nitrogen and oxygen atoms in total. The maximum atomic E-state index is 9.08. The zero-order valence-corrected chi connectivity index (χ0v) is 12.4. The summed E-state index contributed by atoms with van der Waals surface area (Å²) in [5.41, 5.74) is 5.86. The van der Waals surface area contributed by atoms with Crippen LogP contribution in [-0.2, 0) is 6.42 Å². The maximum Gasteiger partial charge on any atom is 0.0992 e. The predicted octanol–water partition coefficient (Wildman–Crippen LogP) is 4.75. The molecule has 0 saturated carbocycles. The predicted molar refractivity (Wildman–Crippen MR) is 86.3 cm³/mol. The van der Waals surface area contributed by atoms with Gasteiger partial charge in [-0.25, -0.2) is 0 Å². The third kappa shape index (κ3) is 2.92. The molecule has 0 radical (unpaired) electrons. The summed E-state index contributed by atoms with van der Waals surface area (Å²) in [6.07, 6.45) is 4.81. The van der Waals surface area contributed by atoms with Crippen LogP contribution in [-0.4, -0.2) is 0 Å². The van der Waals surface area contributed by atoms with Gasteiger partial charge in [0.25, 0.3) is 0 Å². The van der Waals surface area contributed by atoms with E-state index in [1.54, 1.807) is 0 Å². The van der Waals surface area contributed by atoms with Crippen LogP contribution in [0.1, 0.15) is 47.6 Å². The smallest absolute Gasteiger partial charge is 0.0992 e. The van der Waals surface area contributed by atoms with E-state index in [1.807, 2.05) is 18.2 Å². The van der Waals surface area contributed by atoms with Crippen LogP contribution in [0.25, 0.3) is 0 Å². The number of fused-ring (bicyclic) bond motifs is 1. The topological polar surface area (TPSA) is 35.8 Å². The van der Waals surface area contributed by atoms with Gasteiger partial charge in [-0.15, -0.1) is 0 Å². The van der Waals surface area contributed by atoms with Gasteiger partial charge in [-0.2, -0.15) is 5.26 Å². The molecule has 1 unspecified atom stereocenters. The van der Waals surface area contributed by atoms with Crippen molar-refractivity contribution in [2.45, 2.75) is 38.6 Å². The van der Waals surface area contributed by atoms with Crippen molar-refractivity contribution in [2.75, 3.05) is 5.32 Å². The molecule has 21 heavy (non-hydrogen) atoms. The fourth-order valence-electron chi connectivity index (χ4n) is 3.11. The number of nitrogens with one attached hydrogen (secondary N) is 1. The van der Waals surface area contributed by atoms with Crippen LogP contribution in [0.15, 0.2) is 42.5 Å². The van der Waals surface area contributed by atoms with Gasteiger partial charge in [0.1, 0.15) is 0 Å². The first-order chi connectivity index (χ1) is 10.3. The highest BCUT2D eigenvalue weighted by atomic mass is 14.9. The fraction of sp³-hybridized carbons (Fsp3) is 0.316.